The lowest BCUT2D eigenvalue weighted by Gasteiger charge is -2.37. The third kappa shape index (κ3) is 5.35. The van der Waals surface area contributed by atoms with Gasteiger partial charge in [0.05, 0.1) is 19.9 Å². The zero-order chi connectivity index (χ0) is 22.2. The highest BCUT2D eigenvalue weighted by molar-refractivity contribution is 5.58. The Bertz CT molecular complexity index is 971. The van der Waals surface area contributed by atoms with Gasteiger partial charge in [-0.25, -0.2) is 0 Å². The van der Waals surface area contributed by atoms with Gasteiger partial charge in [-0.3, -0.25) is 4.90 Å². The standard InChI is InChI=1S/C27H32N2O3/c1-30-25-13-7-6-12-23(25)29-20-18-28(19-21-29)17-16-24(22-10-4-3-5-11-22)32-27-15-9-8-14-26(27)31-2/h3-15,24H,16-21H2,1-2H3. The number of hydrogen-bond acceptors (Lipinski definition) is 5. The molecule has 1 fully saturated rings. The first-order valence-corrected chi connectivity index (χ1v) is 11.2. The van der Waals surface area contributed by atoms with E-state index < -0.39 is 0 Å². The van der Waals surface area contributed by atoms with Crippen LogP contribution in [0.15, 0.2) is 78.9 Å². The number of methoxy groups -OCH3 is 2. The summed E-state index contributed by atoms with van der Waals surface area (Å²) in [7, 11) is 3.42. The summed E-state index contributed by atoms with van der Waals surface area (Å²) < 4.78 is 17.5. The van der Waals surface area contributed by atoms with Gasteiger partial charge in [-0.05, 0) is 29.8 Å². The lowest BCUT2D eigenvalue weighted by Crippen LogP contribution is -2.47. The van der Waals surface area contributed by atoms with Gasteiger partial charge < -0.3 is 19.1 Å². The lowest BCUT2D eigenvalue weighted by atomic mass is 10.1. The average Bonchev–Trinajstić information content (AvgIpc) is 2.87. The molecule has 0 spiro atoms. The van der Waals surface area contributed by atoms with Crippen LogP contribution in [0, 0.1) is 0 Å². The van der Waals surface area contributed by atoms with E-state index in [1.54, 1.807) is 14.2 Å². The first-order chi connectivity index (χ1) is 15.8. The number of benzene rings is 3. The van der Waals surface area contributed by atoms with Gasteiger partial charge in [0.25, 0.3) is 0 Å². The van der Waals surface area contributed by atoms with Gasteiger partial charge in [-0.1, -0.05) is 54.6 Å². The Morgan fingerprint density at radius 2 is 1.28 bits per heavy atom. The molecular formula is C27H32N2O3. The second-order valence-corrected chi connectivity index (χ2v) is 7.96. The summed E-state index contributed by atoms with van der Waals surface area (Å²) in [6.45, 7) is 5.00. The Labute approximate surface area is 191 Å². The third-order valence-electron chi connectivity index (χ3n) is 6.02. The SMILES string of the molecule is COc1ccccc1OC(CCN1CCN(c2ccccc2OC)CC1)c1ccccc1. The molecular weight excluding hydrogens is 400 g/mol. The molecule has 1 aliphatic heterocycles. The number of nitrogens with zero attached hydrogens (tertiary/aromatic N) is 2. The molecule has 0 bridgehead atoms. The van der Waals surface area contributed by atoms with Crippen molar-refractivity contribution in [3.05, 3.63) is 84.4 Å². The van der Waals surface area contributed by atoms with Gasteiger partial charge >= 0.3 is 0 Å². The molecule has 0 aromatic heterocycles. The summed E-state index contributed by atoms with van der Waals surface area (Å²) in [5.41, 5.74) is 2.36. The van der Waals surface area contributed by atoms with Crippen molar-refractivity contribution in [1.82, 2.24) is 4.90 Å². The fourth-order valence-electron chi connectivity index (χ4n) is 4.23. The fraction of sp³-hybridized carbons (Fsp3) is 0.333. The van der Waals surface area contributed by atoms with Gasteiger partial charge in [-0.2, -0.15) is 0 Å². The number of piperazine rings is 1. The number of hydrogen-bond donors (Lipinski definition) is 0. The van der Waals surface area contributed by atoms with Crippen LogP contribution in [-0.4, -0.2) is 51.8 Å². The van der Waals surface area contributed by atoms with Crippen LogP contribution >= 0.6 is 0 Å². The van der Waals surface area contributed by atoms with E-state index in [-0.39, 0.29) is 6.10 Å². The van der Waals surface area contributed by atoms with Crippen LogP contribution in [-0.2, 0) is 0 Å². The minimum atomic E-state index is -0.0280. The Balaban J connectivity index is 1.38. The summed E-state index contributed by atoms with van der Waals surface area (Å²) in [5, 5.41) is 0. The van der Waals surface area contributed by atoms with Crippen molar-refractivity contribution in [3.8, 4) is 17.2 Å². The molecule has 0 saturated carbocycles. The molecule has 5 heteroatoms. The first kappa shape index (κ1) is 22.0. The van der Waals surface area contributed by atoms with Crippen molar-refractivity contribution in [2.45, 2.75) is 12.5 Å². The average molecular weight is 433 g/mol. The molecule has 1 atom stereocenters. The molecule has 1 aliphatic rings. The van der Waals surface area contributed by atoms with Crippen LogP contribution in [0.4, 0.5) is 5.69 Å². The summed E-state index contributed by atoms with van der Waals surface area (Å²) in [6, 6.07) is 26.6. The topological polar surface area (TPSA) is 34.2 Å². The Morgan fingerprint density at radius 3 is 1.97 bits per heavy atom. The summed E-state index contributed by atoms with van der Waals surface area (Å²) >= 11 is 0. The predicted molar refractivity (Wildman–Crippen MR) is 129 cm³/mol. The zero-order valence-electron chi connectivity index (χ0n) is 18.9. The maximum Gasteiger partial charge on any atom is 0.162 e. The predicted octanol–water partition coefficient (Wildman–Crippen LogP) is 5.04. The largest absolute Gasteiger partial charge is 0.495 e. The number of anilines is 1. The maximum absolute atomic E-state index is 6.46. The minimum Gasteiger partial charge on any atom is -0.495 e. The molecule has 0 aliphatic carbocycles. The Kier molecular flexibility index (Phi) is 7.51. The minimum absolute atomic E-state index is 0.0280. The van der Waals surface area contributed by atoms with E-state index in [0.717, 1.165) is 56.4 Å². The second kappa shape index (κ2) is 10.9. The van der Waals surface area contributed by atoms with Crippen LogP contribution in [0.3, 0.4) is 0 Å². The van der Waals surface area contributed by atoms with Crippen LogP contribution < -0.4 is 19.1 Å². The van der Waals surface area contributed by atoms with Crippen molar-refractivity contribution in [2.75, 3.05) is 51.8 Å². The van der Waals surface area contributed by atoms with Gasteiger partial charge in [0.15, 0.2) is 11.5 Å². The lowest BCUT2D eigenvalue weighted by molar-refractivity contribution is 0.155. The molecule has 168 valence electrons. The molecule has 3 aromatic carbocycles. The highest BCUT2D eigenvalue weighted by atomic mass is 16.5. The van der Waals surface area contributed by atoms with E-state index in [2.05, 4.69) is 46.2 Å². The molecule has 1 saturated heterocycles. The molecule has 0 radical (unpaired) electrons. The van der Waals surface area contributed by atoms with E-state index in [9.17, 15) is 0 Å². The monoisotopic (exact) mass is 432 g/mol. The van der Waals surface area contributed by atoms with E-state index in [1.807, 2.05) is 42.5 Å². The van der Waals surface area contributed by atoms with Crippen molar-refractivity contribution < 1.29 is 14.2 Å². The van der Waals surface area contributed by atoms with Crippen molar-refractivity contribution >= 4 is 5.69 Å². The molecule has 1 heterocycles. The molecule has 32 heavy (non-hydrogen) atoms. The normalized spacial score (nSPS) is 15.2. The molecule has 0 N–H and O–H groups in total. The summed E-state index contributed by atoms with van der Waals surface area (Å²) in [4.78, 5) is 4.93. The Morgan fingerprint density at radius 1 is 0.688 bits per heavy atom. The van der Waals surface area contributed by atoms with Gasteiger partial charge in [0, 0.05) is 39.1 Å². The second-order valence-electron chi connectivity index (χ2n) is 7.96. The fourth-order valence-corrected chi connectivity index (χ4v) is 4.23. The number of para-hydroxylation sites is 4. The molecule has 5 nitrogen and oxygen atoms in total. The van der Waals surface area contributed by atoms with Crippen LogP contribution in [0.25, 0.3) is 0 Å². The smallest absolute Gasteiger partial charge is 0.162 e. The van der Waals surface area contributed by atoms with Crippen LogP contribution in [0.2, 0.25) is 0 Å². The van der Waals surface area contributed by atoms with E-state index in [0.29, 0.717) is 0 Å². The zero-order valence-corrected chi connectivity index (χ0v) is 18.9. The molecule has 0 amide bonds. The Hall–Kier alpha value is -3.18. The van der Waals surface area contributed by atoms with Crippen molar-refractivity contribution in [3.63, 3.8) is 0 Å². The third-order valence-corrected chi connectivity index (χ3v) is 6.02. The van der Waals surface area contributed by atoms with E-state index in [4.69, 9.17) is 14.2 Å². The number of ether oxygens (including phenoxy) is 3. The highest BCUT2D eigenvalue weighted by Crippen LogP contribution is 2.33. The van der Waals surface area contributed by atoms with Gasteiger partial charge in [0.2, 0.25) is 0 Å². The van der Waals surface area contributed by atoms with Gasteiger partial charge in [-0.15, -0.1) is 0 Å². The van der Waals surface area contributed by atoms with Gasteiger partial charge in [0.1, 0.15) is 11.9 Å². The number of rotatable bonds is 9. The summed E-state index contributed by atoms with van der Waals surface area (Å²) in [5.74, 6) is 2.49. The quantitative estimate of drug-likeness (QED) is 0.473. The van der Waals surface area contributed by atoms with Crippen LogP contribution in [0.1, 0.15) is 18.1 Å². The maximum atomic E-state index is 6.46. The highest BCUT2D eigenvalue weighted by Gasteiger charge is 2.22. The van der Waals surface area contributed by atoms with Crippen LogP contribution in [0.5, 0.6) is 17.2 Å². The van der Waals surface area contributed by atoms with Crippen molar-refractivity contribution in [2.24, 2.45) is 0 Å². The summed E-state index contributed by atoms with van der Waals surface area (Å²) in [6.07, 6.45) is 0.885. The molecule has 3 aromatic rings. The van der Waals surface area contributed by atoms with E-state index >= 15 is 0 Å². The van der Waals surface area contributed by atoms with E-state index in [1.165, 1.54) is 11.3 Å². The first-order valence-electron chi connectivity index (χ1n) is 11.2. The molecule has 4 rings (SSSR count). The van der Waals surface area contributed by atoms with Crippen molar-refractivity contribution in [1.29, 1.82) is 0 Å². The molecule has 1 unspecified atom stereocenters.